The third-order valence-corrected chi connectivity index (χ3v) is 8.46. The van der Waals surface area contributed by atoms with Crippen LogP contribution in [0.5, 0.6) is 0 Å². The topological polar surface area (TPSA) is 141 Å². The monoisotopic (exact) mass is 439 g/mol. The van der Waals surface area contributed by atoms with E-state index in [9.17, 15) is 23.6 Å². The van der Waals surface area contributed by atoms with Crippen molar-refractivity contribution in [3.8, 4) is 6.07 Å². The molecule has 10 heteroatoms. The Labute approximate surface area is 178 Å². The number of H-pyrrole nitrogens is 1. The number of aliphatic hydroxyl groups excluding tert-OH is 1. The van der Waals surface area contributed by atoms with E-state index in [4.69, 9.17) is 0 Å². The highest BCUT2D eigenvalue weighted by Crippen LogP contribution is 2.43. The average molecular weight is 439 g/mol. The molecule has 0 bridgehead atoms. The second kappa shape index (κ2) is 6.93. The number of pyridine rings is 1. The summed E-state index contributed by atoms with van der Waals surface area (Å²) in [5.41, 5.74) is 1.17. The Balaban J connectivity index is 1.60. The predicted molar refractivity (Wildman–Crippen MR) is 114 cm³/mol. The highest BCUT2D eigenvalue weighted by molar-refractivity contribution is 7.92. The molecule has 3 atom stereocenters. The zero-order valence-corrected chi connectivity index (χ0v) is 17.6. The molecule has 1 saturated carbocycles. The molecule has 2 aromatic heterocycles. The van der Waals surface area contributed by atoms with Gasteiger partial charge in [-0.1, -0.05) is 0 Å². The lowest BCUT2D eigenvalue weighted by atomic mass is 10.1. The zero-order chi connectivity index (χ0) is 21.9. The summed E-state index contributed by atoms with van der Waals surface area (Å²) in [7, 11) is -3.56. The third-order valence-electron chi connectivity index (χ3n) is 6.24. The van der Waals surface area contributed by atoms with Crippen LogP contribution in [0.25, 0.3) is 10.9 Å². The van der Waals surface area contributed by atoms with Gasteiger partial charge in [-0.05, 0) is 49.9 Å². The summed E-state index contributed by atoms with van der Waals surface area (Å²) in [6, 6.07) is 8.51. The first-order chi connectivity index (χ1) is 14.8. The highest BCUT2D eigenvalue weighted by Gasteiger charge is 2.41. The molecule has 31 heavy (non-hydrogen) atoms. The number of nitriles is 1. The second-order valence-electron chi connectivity index (χ2n) is 8.20. The number of aromatic nitrogens is 3. The van der Waals surface area contributed by atoms with E-state index in [1.807, 2.05) is 0 Å². The third kappa shape index (κ3) is 3.04. The van der Waals surface area contributed by atoms with Crippen LogP contribution >= 0.6 is 0 Å². The normalized spacial score (nSPS) is 22.7. The average Bonchev–Trinajstić information content (AvgIpc) is 3.50. The summed E-state index contributed by atoms with van der Waals surface area (Å²) in [6.45, 7) is 1.48. The number of rotatable bonds is 5. The fourth-order valence-electron chi connectivity index (χ4n) is 4.34. The van der Waals surface area contributed by atoms with E-state index < -0.39 is 21.2 Å². The molecule has 1 fully saturated rings. The van der Waals surface area contributed by atoms with Crippen LogP contribution in [0, 0.1) is 17.2 Å². The fourth-order valence-corrected chi connectivity index (χ4v) is 6.00. The molecule has 160 valence electrons. The summed E-state index contributed by atoms with van der Waals surface area (Å²) >= 11 is 0. The first-order valence-corrected chi connectivity index (χ1v) is 11.7. The Morgan fingerprint density at radius 1 is 1.39 bits per heavy atom. The van der Waals surface area contributed by atoms with Crippen molar-refractivity contribution in [3.05, 3.63) is 46.4 Å². The highest BCUT2D eigenvalue weighted by atomic mass is 32.2. The number of nitrogens with one attached hydrogen (secondary N) is 2. The minimum atomic E-state index is -3.56. The van der Waals surface area contributed by atoms with Crippen LogP contribution in [-0.4, -0.2) is 33.5 Å². The molecule has 9 nitrogen and oxygen atoms in total. The number of aliphatic hydroxyl groups is 1. The number of aromatic amines is 1. The summed E-state index contributed by atoms with van der Waals surface area (Å²) in [6.07, 6.45) is 2.79. The molecule has 0 saturated heterocycles. The number of hydrogen-bond acceptors (Lipinski definition) is 7. The Hall–Kier alpha value is -3.16. The summed E-state index contributed by atoms with van der Waals surface area (Å²) in [5, 5.41) is 26.9. The lowest BCUT2D eigenvalue weighted by Gasteiger charge is -2.14. The van der Waals surface area contributed by atoms with Gasteiger partial charge in [-0.2, -0.15) is 10.4 Å². The van der Waals surface area contributed by atoms with Gasteiger partial charge in [-0.3, -0.25) is 9.48 Å². The molecule has 1 aliphatic heterocycles. The summed E-state index contributed by atoms with van der Waals surface area (Å²) in [5.74, 6) is 0.681. The maximum Gasteiger partial charge on any atom is 0.261 e. The zero-order valence-electron chi connectivity index (χ0n) is 16.7. The smallest absolute Gasteiger partial charge is 0.261 e. The van der Waals surface area contributed by atoms with E-state index in [-0.39, 0.29) is 16.5 Å². The number of fused-ring (bicyclic) bond motifs is 2. The summed E-state index contributed by atoms with van der Waals surface area (Å²) in [4.78, 5) is 15.4. The first-order valence-electron chi connectivity index (χ1n) is 10.1. The molecule has 1 aliphatic carbocycles. The van der Waals surface area contributed by atoms with Crippen molar-refractivity contribution in [1.29, 1.82) is 5.26 Å². The molecule has 1 unspecified atom stereocenters. The number of benzene rings is 1. The molecule has 0 amide bonds. The van der Waals surface area contributed by atoms with Gasteiger partial charge >= 0.3 is 0 Å². The standard InChI is InChI=1S/C21H21N5O4S/c1-11-19(27)14-10-13(4-5-17(14)31(11,29)30)24-20-18-16(7-9-23-21(18)28)26(25-20)15(6-8-22)12-2-3-12/h4-5,7,9-12,15,19,27H,2-3,6H2,1H3,(H,23,28)(H,24,25)/t11-,15?,19-/m1/s1. The molecule has 2 aliphatic rings. The number of hydrogen-bond donors (Lipinski definition) is 3. The van der Waals surface area contributed by atoms with Crippen LogP contribution in [0.1, 0.15) is 43.9 Å². The first kappa shape index (κ1) is 19.8. The minimum absolute atomic E-state index is 0.113. The van der Waals surface area contributed by atoms with Gasteiger partial charge in [0.15, 0.2) is 15.7 Å². The lowest BCUT2D eigenvalue weighted by Crippen LogP contribution is -2.16. The van der Waals surface area contributed by atoms with Crippen LogP contribution in [0.4, 0.5) is 11.5 Å². The van der Waals surface area contributed by atoms with E-state index in [1.54, 1.807) is 29.1 Å². The predicted octanol–water partition coefficient (Wildman–Crippen LogP) is 2.54. The molecular formula is C21H21N5O4S. The van der Waals surface area contributed by atoms with Crippen LogP contribution in [0.15, 0.2) is 40.2 Å². The van der Waals surface area contributed by atoms with Crippen molar-refractivity contribution in [1.82, 2.24) is 14.8 Å². The van der Waals surface area contributed by atoms with Crippen molar-refractivity contribution in [2.75, 3.05) is 5.32 Å². The largest absolute Gasteiger partial charge is 0.387 e. The SMILES string of the molecule is C[C@@H]1[C@@H](O)c2cc(Nc3nn(C(CC#N)C4CC4)c4cc[nH]c(=O)c34)ccc2S1(=O)=O. The Bertz CT molecular complexity index is 1400. The minimum Gasteiger partial charge on any atom is -0.387 e. The van der Waals surface area contributed by atoms with Gasteiger partial charge in [0, 0.05) is 17.4 Å². The van der Waals surface area contributed by atoms with Gasteiger partial charge in [0.05, 0.1) is 40.3 Å². The van der Waals surface area contributed by atoms with Crippen LogP contribution < -0.4 is 10.9 Å². The van der Waals surface area contributed by atoms with Crippen molar-refractivity contribution in [3.63, 3.8) is 0 Å². The van der Waals surface area contributed by atoms with E-state index >= 15 is 0 Å². The number of sulfone groups is 1. The Kier molecular flexibility index (Phi) is 4.42. The molecule has 0 spiro atoms. The van der Waals surface area contributed by atoms with E-state index in [0.717, 1.165) is 12.8 Å². The molecule has 3 aromatic rings. The number of nitrogens with zero attached hydrogens (tertiary/aromatic N) is 3. The van der Waals surface area contributed by atoms with Gasteiger partial charge in [-0.15, -0.1) is 0 Å². The Morgan fingerprint density at radius 3 is 2.87 bits per heavy atom. The fraction of sp³-hybridized carbons (Fsp3) is 0.381. The van der Waals surface area contributed by atoms with Crippen LogP contribution in [-0.2, 0) is 9.84 Å². The van der Waals surface area contributed by atoms with Gasteiger partial charge < -0.3 is 15.4 Å². The quantitative estimate of drug-likeness (QED) is 0.555. The van der Waals surface area contributed by atoms with Crippen molar-refractivity contribution < 1.29 is 13.5 Å². The van der Waals surface area contributed by atoms with Crippen molar-refractivity contribution in [2.24, 2.45) is 5.92 Å². The molecule has 0 radical (unpaired) electrons. The van der Waals surface area contributed by atoms with E-state index in [0.29, 0.717) is 40.3 Å². The van der Waals surface area contributed by atoms with Crippen molar-refractivity contribution >= 4 is 32.2 Å². The number of anilines is 2. The van der Waals surface area contributed by atoms with Gasteiger partial charge in [0.25, 0.3) is 5.56 Å². The molecule has 5 rings (SSSR count). The molecule has 1 aromatic carbocycles. The van der Waals surface area contributed by atoms with E-state index in [2.05, 4.69) is 21.5 Å². The molecule has 3 N–H and O–H groups in total. The van der Waals surface area contributed by atoms with Gasteiger partial charge in [0.1, 0.15) is 5.39 Å². The van der Waals surface area contributed by atoms with Crippen LogP contribution in [0.2, 0.25) is 0 Å². The van der Waals surface area contributed by atoms with Gasteiger partial charge in [-0.25, -0.2) is 8.42 Å². The summed E-state index contributed by atoms with van der Waals surface area (Å²) < 4.78 is 26.6. The van der Waals surface area contributed by atoms with E-state index in [1.165, 1.54) is 13.0 Å². The lowest BCUT2D eigenvalue weighted by molar-refractivity contribution is 0.179. The molecule has 3 heterocycles. The maximum absolute atomic E-state index is 12.6. The maximum atomic E-state index is 12.6. The molecular weight excluding hydrogens is 418 g/mol. The van der Waals surface area contributed by atoms with Gasteiger partial charge in [0.2, 0.25) is 0 Å². The second-order valence-corrected chi connectivity index (χ2v) is 10.5. The van der Waals surface area contributed by atoms with Crippen LogP contribution in [0.3, 0.4) is 0 Å². The Morgan fingerprint density at radius 2 is 2.16 bits per heavy atom. The van der Waals surface area contributed by atoms with Crippen molar-refractivity contribution in [2.45, 2.75) is 48.5 Å².